The normalized spacial score (nSPS) is 19.6. The van der Waals surface area contributed by atoms with Crippen LogP contribution in [0.5, 0.6) is 11.5 Å². The van der Waals surface area contributed by atoms with Crippen molar-refractivity contribution in [2.24, 2.45) is 11.8 Å². The molecule has 38 heavy (non-hydrogen) atoms. The maximum atomic E-state index is 13.5. The van der Waals surface area contributed by atoms with Gasteiger partial charge in [0.05, 0.1) is 18.1 Å². The van der Waals surface area contributed by atoms with Crippen molar-refractivity contribution in [3.05, 3.63) is 59.8 Å². The van der Waals surface area contributed by atoms with E-state index < -0.39 is 5.92 Å². The Balaban J connectivity index is 1.61. The predicted molar refractivity (Wildman–Crippen MR) is 152 cm³/mol. The van der Waals surface area contributed by atoms with Gasteiger partial charge in [-0.3, -0.25) is 9.59 Å². The summed E-state index contributed by atoms with van der Waals surface area (Å²) in [7, 11) is 5.05. The van der Waals surface area contributed by atoms with Crippen LogP contribution in [0.25, 0.3) is 0 Å². The Hall–Kier alpha value is -2.77. The Kier molecular flexibility index (Phi) is 10.5. The largest absolute Gasteiger partial charge is 0.497 e. The summed E-state index contributed by atoms with van der Waals surface area (Å²) in [6, 6.07) is 5.52. The van der Waals surface area contributed by atoms with Gasteiger partial charge in [0.15, 0.2) is 0 Å². The highest BCUT2D eigenvalue weighted by Gasteiger charge is 2.42. The minimum atomic E-state index is -0.499. The molecule has 0 aliphatic carbocycles. The van der Waals surface area contributed by atoms with Crippen LogP contribution < -0.4 is 9.47 Å². The molecule has 0 N–H and O–H groups in total. The third-order valence-electron chi connectivity index (χ3n) is 7.57. The Morgan fingerprint density at radius 1 is 1.21 bits per heavy atom. The monoisotopic (exact) mass is 543 g/mol. The SMILES string of the molecule is C=CC1=C(C=C)N(C2CCN(CCC(Oc3cc(OC)ccc3Cl)C(C)C)CC2)C(=O)C1CC(=O)N(C)C. The molecule has 2 unspecified atom stereocenters. The highest BCUT2D eigenvalue weighted by molar-refractivity contribution is 6.32. The zero-order valence-corrected chi connectivity index (χ0v) is 24.2. The highest BCUT2D eigenvalue weighted by atomic mass is 35.5. The summed E-state index contributed by atoms with van der Waals surface area (Å²) in [5.41, 5.74) is 1.60. The first-order valence-corrected chi connectivity index (χ1v) is 13.7. The fourth-order valence-corrected chi connectivity index (χ4v) is 5.40. The Morgan fingerprint density at radius 2 is 1.89 bits per heavy atom. The fraction of sp³-hybridized carbons (Fsp3) is 0.533. The van der Waals surface area contributed by atoms with E-state index >= 15 is 0 Å². The molecule has 2 amide bonds. The summed E-state index contributed by atoms with van der Waals surface area (Å²) in [5.74, 6) is 1.08. The number of hydrogen-bond donors (Lipinski definition) is 0. The number of nitrogens with zero attached hydrogens (tertiary/aromatic N) is 3. The van der Waals surface area contributed by atoms with E-state index in [0.717, 1.165) is 50.2 Å². The molecular weight excluding hydrogens is 502 g/mol. The lowest BCUT2D eigenvalue weighted by molar-refractivity contribution is -0.137. The number of amides is 2. The average Bonchev–Trinajstić information content (AvgIpc) is 3.17. The number of hydrogen-bond acceptors (Lipinski definition) is 5. The third-order valence-corrected chi connectivity index (χ3v) is 7.88. The van der Waals surface area contributed by atoms with Gasteiger partial charge in [-0.25, -0.2) is 0 Å². The van der Waals surface area contributed by atoms with Crippen LogP contribution in [-0.2, 0) is 9.59 Å². The summed E-state index contributed by atoms with van der Waals surface area (Å²) < 4.78 is 11.6. The van der Waals surface area contributed by atoms with Crippen molar-refractivity contribution < 1.29 is 19.1 Å². The van der Waals surface area contributed by atoms with Gasteiger partial charge in [0.25, 0.3) is 0 Å². The summed E-state index contributed by atoms with van der Waals surface area (Å²) in [6.45, 7) is 14.9. The van der Waals surface area contributed by atoms with Crippen LogP contribution >= 0.6 is 11.6 Å². The van der Waals surface area contributed by atoms with E-state index in [0.29, 0.717) is 22.4 Å². The van der Waals surface area contributed by atoms with E-state index in [9.17, 15) is 9.59 Å². The van der Waals surface area contributed by atoms with Crippen LogP contribution in [0.1, 0.15) is 39.5 Å². The van der Waals surface area contributed by atoms with Crippen LogP contribution in [0.4, 0.5) is 0 Å². The number of methoxy groups -OCH3 is 1. The molecule has 3 rings (SSSR count). The first kappa shape index (κ1) is 29.8. The molecule has 0 radical (unpaired) electrons. The number of halogens is 1. The van der Waals surface area contributed by atoms with Gasteiger partial charge in [-0.1, -0.05) is 44.7 Å². The molecule has 1 aromatic rings. The zero-order valence-electron chi connectivity index (χ0n) is 23.4. The van der Waals surface area contributed by atoms with E-state index in [1.807, 2.05) is 17.0 Å². The molecule has 1 aromatic carbocycles. The Labute approximate surface area is 232 Å². The second kappa shape index (κ2) is 13.3. The summed E-state index contributed by atoms with van der Waals surface area (Å²) in [6.07, 6.45) is 6.18. The molecule has 208 valence electrons. The number of piperidine rings is 1. The van der Waals surface area contributed by atoms with Crippen LogP contribution in [0.2, 0.25) is 5.02 Å². The number of likely N-dealkylation sites (tertiary alicyclic amines) is 1. The summed E-state index contributed by atoms with van der Waals surface area (Å²) in [5, 5.41) is 0.572. The zero-order chi connectivity index (χ0) is 28.0. The topological polar surface area (TPSA) is 62.3 Å². The molecular formula is C30H42ClN3O4. The average molecular weight is 544 g/mol. The van der Waals surface area contributed by atoms with E-state index in [2.05, 4.69) is 31.9 Å². The molecule has 0 saturated carbocycles. The molecule has 0 spiro atoms. The minimum Gasteiger partial charge on any atom is -0.497 e. The number of benzene rings is 1. The van der Waals surface area contributed by atoms with Gasteiger partial charge in [0.2, 0.25) is 11.8 Å². The number of carbonyl (C=O) groups is 2. The Bertz CT molecular complexity index is 1060. The number of rotatable bonds is 12. The van der Waals surface area contributed by atoms with Crippen molar-refractivity contribution in [3.63, 3.8) is 0 Å². The van der Waals surface area contributed by atoms with Gasteiger partial charge in [0.1, 0.15) is 17.6 Å². The molecule has 2 heterocycles. The molecule has 7 nitrogen and oxygen atoms in total. The lowest BCUT2D eigenvalue weighted by Gasteiger charge is -2.38. The first-order valence-electron chi connectivity index (χ1n) is 13.4. The lowest BCUT2D eigenvalue weighted by Crippen LogP contribution is -2.47. The van der Waals surface area contributed by atoms with Crippen LogP contribution in [0.3, 0.4) is 0 Å². The number of allylic oxidation sites excluding steroid dienone is 2. The fourth-order valence-electron chi connectivity index (χ4n) is 5.23. The van der Waals surface area contributed by atoms with Gasteiger partial charge < -0.3 is 24.2 Å². The summed E-state index contributed by atoms with van der Waals surface area (Å²) in [4.78, 5) is 31.7. The molecule has 0 aromatic heterocycles. The second-order valence-corrected chi connectivity index (χ2v) is 11.0. The smallest absolute Gasteiger partial charge is 0.235 e. The lowest BCUT2D eigenvalue weighted by atomic mass is 9.95. The molecule has 1 fully saturated rings. The molecule has 8 heteroatoms. The number of ether oxygens (including phenoxy) is 2. The predicted octanol–water partition coefficient (Wildman–Crippen LogP) is 5.17. The van der Waals surface area contributed by atoms with Crippen LogP contribution in [0, 0.1) is 11.8 Å². The second-order valence-electron chi connectivity index (χ2n) is 10.6. The van der Waals surface area contributed by atoms with Crippen LogP contribution in [-0.4, -0.2) is 79.5 Å². The third kappa shape index (κ3) is 6.80. The van der Waals surface area contributed by atoms with Crippen LogP contribution in [0.15, 0.2) is 54.8 Å². The maximum absolute atomic E-state index is 13.5. The highest BCUT2D eigenvalue weighted by Crippen LogP contribution is 2.37. The van der Waals surface area contributed by atoms with Gasteiger partial charge in [-0.05, 0) is 49.0 Å². The Morgan fingerprint density at radius 3 is 2.45 bits per heavy atom. The van der Waals surface area contributed by atoms with Gasteiger partial charge in [-0.15, -0.1) is 0 Å². The van der Waals surface area contributed by atoms with Crippen molar-refractivity contribution in [2.75, 3.05) is 40.8 Å². The first-order chi connectivity index (χ1) is 18.1. The van der Waals surface area contributed by atoms with Gasteiger partial charge in [-0.2, -0.15) is 0 Å². The standard InChI is InChI=1S/C30H42ClN3O4/c1-8-23-24(19-29(35)32(5)6)30(36)34(26(23)9-2)21-12-15-33(16-13-21)17-14-27(20(3)4)38-28-18-22(37-7)10-11-25(28)31/h8-11,18,20-21,24,27H,1-2,12-17,19H2,3-7H3. The molecule has 1 saturated heterocycles. The summed E-state index contributed by atoms with van der Waals surface area (Å²) >= 11 is 6.38. The van der Waals surface area contributed by atoms with E-state index in [1.165, 1.54) is 4.90 Å². The molecule has 2 atom stereocenters. The molecule has 0 bridgehead atoms. The van der Waals surface area contributed by atoms with Gasteiger partial charge in [0, 0.05) is 58.0 Å². The van der Waals surface area contributed by atoms with Crippen molar-refractivity contribution in [2.45, 2.75) is 51.7 Å². The minimum absolute atomic E-state index is 0.0120. The van der Waals surface area contributed by atoms with E-state index in [-0.39, 0.29) is 30.4 Å². The van der Waals surface area contributed by atoms with Crippen molar-refractivity contribution in [3.8, 4) is 11.5 Å². The van der Waals surface area contributed by atoms with E-state index in [4.69, 9.17) is 21.1 Å². The van der Waals surface area contributed by atoms with Crippen molar-refractivity contribution >= 4 is 23.4 Å². The van der Waals surface area contributed by atoms with Crippen molar-refractivity contribution in [1.29, 1.82) is 0 Å². The number of carbonyl (C=O) groups excluding carboxylic acids is 2. The molecule has 2 aliphatic heterocycles. The quantitative estimate of drug-likeness (QED) is 0.364. The van der Waals surface area contributed by atoms with E-state index in [1.54, 1.807) is 39.4 Å². The molecule has 2 aliphatic rings. The van der Waals surface area contributed by atoms with Gasteiger partial charge >= 0.3 is 0 Å². The maximum Gasteiger partial charge on any atom is 0.235 e. The van der Waals surface area contributed by atoms with Crippen molar-refractivity contribution in [1.82, 2.24) is 14.7 Å².